The maximum absolute atomic E-state index is 12.3. The van der Waals surface area contributed by atoms with Crippen LogP contribution in [-0.2, 0) is 33.9 Å². The van der Waals surface area contributed by atoms with Gasteiger partial charge in [-0.2, -0.15) is 0 Å². The minimum atomic E-state index is -1.13. The van der Waals surface area contributed by atoms with Gasteiger partial charge in [-0.1, -0.05) is 35.5 Å². The minimum absolute atomic E-state index is 0.00920. The molecular weight excluding hydrogens is 452 g/mol. The number of aromatic nitrogens is 3. The monoisotopic (exact) mass is 488 g/mol. The summed E-state index contributed by atoms with van der Waals surface area (Å²) in [5.74, 6) is -0.209. The molecule has 2 fully saturated rings. The van der Waals surface area contributed by atoms with Crippen LogP contribution in [0.25, 0.3) is 0 Å². The first-order valence-electron chi connectivity index (χ1n) is 12.2. The number of rotatable bonds is 11. The molecule has 11 nitrogen and oxygen atoms in total. The molecule has 11 heteroatoms. The van der Waals surface area contributed by atoms with Gasteiger partial charge in [0.25, 0.3) is 0 Å². The summed E-state index contributed by atoms with van der Waals surface area (Å²) in [5, 5.41) is 32.1. The fourth-order valence-electron chi connectivity index (χ4n) is 4.49. The lowest BCUT2D eigenvalue weighted by Gasteiger charge is -2.26. The van der Waals surface area contributed by atoms with Gasteiger partial charge >= 0.3 is 0 Å². The third-order valence-corrected chi connectivity index (χ3v) is 6.38. The maximum Gasteiger partial charge on any atom is 0.222 e. The molecule has 0 spiro atoms. The third kappa shape index (κ3) is 7.53. The smallest absolute Gasteiger partial charge is 0.222 e. The molecular formula is C24H36N6O5. The van der Waals surface area contributed by atoms with E-state index in [0.29, 0.717) is 26.3 Å². The molecule has 3 N–H and O–H groups in total. The highest BCUT2D eigenvalue weighted by Crippen LogP contribution is 2.25. The number of hydrogen-bond acceptors (Lipinski definition) is 9. The molecule has 2 saturated heterocycles. The van der Waals surface area contributed by atoms with E-state index in [2.05, 4.69) is 37.6 Å². The van der Waals surface area contributed by atoms with Crippen LogP contribution in [-0.4, -0.2) is 112 Å². The quantitative estimate of drug-likeness (QED) is 0.374. The summed E-state index contributed by atoms with van der Waals surface area (Å²) in [6.07, 6.45) is -1.87. The van der Waals surface area contributed by atoms with Crippen molar-refractivity contribution >= 4 is 5.91 Å². The van der Waals surface area contributed by atoms with E-state index >= 15 is 0 Å². The zero-order chi connectivity index (χ0) is 24.6. The third-order valence-electron chi connectivity index (χ3n) is 6.38. The Morgan fingerprint density at radius 1 is 1.14 bits per heavy atom. The number of nitrogens with zero attached hydrogens (tertiary/aromatic N) is 5. The zero-order valence-corrected chi connectivity index (χ0v) is 20.2. The highest BCUT2D eigenvalue weighted by Gasteiger charge is 2.43. The van der Waals surface area contributed by atoms with E-state index in [4.69, 9.17) is 9.47 Å². The number of nitrogens with one attached hydrogen (secondary N) is 1. The van der Waals surface area contributed by atoms with Crippen molar-refractivity contribution in [1.82, 2.24) is 30.1 Å². The number of morpholine rings is 1. The summed E-state index contributed by atoms with van der Waals surface area (Å²) in [5.41, 5.74) is 2.02. The van der Waals surface area contributed by atoms with Gasteiger partial charge in [0.1, 0.15) is 18.3 Å². The Morgan fingerprint density at radius 3 is 2.66 bits per heavy atom. The zero-order valence-electron chi connectivity index (χ0n) is 20.2. The number of ether oxygens (including phenoxy) is 2. The molecule has 0 radical (unpaired) electrons. The fourth-order valence-corrected chi connectivity index (χ4v) is 4.49. The van der Waals surface area contributed by atoms with Gasteiger partial charge in [-0.05, 0) is 12.6 Å². The maximum atomic E-state index is 12.3. The van der Waals surface area contributed by atoms with Crippen LogP contribution >= 0.6 is 0 Å². The number of carbonyl (C=O) groups is 1. The minimum Gasteiger partial charge on any atom is -0.388 e. The van der Waals surface area contributed by atoms with Gasteiger partial charge in [0.05, 0.1) is 38.0 Å². The number of amides is 1. The number of aliphatic hydroxyl groups is 2. The van der Waals surface area contributed by atoms with Gasteiger partial charge in [0, 0.05) is 45.5 Å². The van der Waals surface area contributed by atoms with Crippen LogP contribution in [0, 0.1) is 0 Å². The van der Waals surface area contributed by atoms with Crippen LogP contribution in [0.15, 0.2) is 36.5 Å². The Balaban J connectivity index is 1.20. The summed E-state index contributed by atoms with van der Waals surface area (Å²) in [7, 11) is 2.02. The first kappa shape index (κ1) is 25.7. The molecule has 0 saturated carbocycles. The lowest BCUT2D eigenvalue weighted by atomic mass is 10.1. The van der Waals surface area contributed by atoms with E-state index in [1.807, 2.05) is 31.4 Å². The second kappa shape index (κ2) is 12.5. The molecule has 0 unspecified atom stereocenters. The molecule has 0 aliphatic carbocycles. The lowest BCUT2D eigenvalue weighted by Crippen LogP contribution is -2.42. The van der Waals surface area contributed by atoms with Crippen LogP contribution in [0.2, 0.25) is 0 Å². The lowest BCUT2D eigenvalue weighted by molar-refractivity contribution is -0.125. The first-order chi connectivity index (χ1) is 17.0. The molecule has 35 heavy (non-hydrogen) atoms. The Morgan fingerprint density at radius 2 is 1.89 bits per heavy atom. The van der Waals surface area contributed by atoms with E-state index in [1.54, 1.807) is 4.68 Å². The van der Waals surface area contributed by atoms with E-state index in [-0.39, 0.29) is 18.9 Å². The van der Waals surface area contributed by atoms with Crippen LogP contribution < -0.4 is 5.32 Å². The van der Waals surface area contributed by atoms with Gasteiger partial charge in [0.2, 0.25) is 5.91 Å². The van der Waals surface area contributed by atoms with Gasteiger partial charge in [0.15, 0.2) is 0 Å². The molecule has 1 aromatic carbocycles. The molecule has 2 aromatic rings. The molecule has 0 bridgehead atoms. The number of aliphatic hydroxyl groups excluding tert-OH is 2. The van der Waals surface area contributed by atoms with Crippen LogP contribution in [0.1, 0.15) is 17.7 Å². The van der Waals surface area contributed by atoms with Gasteiger partial charge in [-0.3, -0.25) is 14.6 Å². The Hall–Kier alpha value is -2.41. The fraction of sp³-hybridized carbons (Fsp3) is 0.625. The van der Waals surface area contributed by atoms with Crippen LogP contribution in [0.3, 0.4) is 0 Å². The Labute approximate surface area is 205 Å². The van der Waals surface area contributed by atoms with Crippen molar-refractivity contribution in [3.05, 3.63) is 47.8 Å². The second-order valence-electron chi connectivity index (χ2n) is 9.29. The molecule has 1 amide bonds. The topological polar surface area (TPSA) is 125 Å². The number of benzene rings is 1. The summed E-state index contributed by atoms with van der Waals surface area (Å²) in [6, 6.07) is 10.2. The van der Waals surface area contributed by atoms with Crippen molar-refractivity contribution in [2.45, 2.75) is 50.5 Å². The number of carbonyl (C=O) groups excluding carboxylic acids is 1. The van der Waals surface area contributed by atoms with Crippen molar-refractivity contribution in [2.75, 3.05) is 46.4 Å². The van der Waals surface area contributed by atoms with E-state index in [0.717, 1.165) is 31.9 Å². The van der Waals surface area contributed by atoms with Gasteiger partial charge in [-0.15, -0.1) is 5.10 Å². The van der Waals surface area contributed by atoms with Crippen LogP contribution in [0.4, 0.5) is 0 Å². The van der Waals surface area contributed by atoms with Gasteiger partial charge < -0.3 is 25.0 Å². The van der Waals surface area contributed by atoms with Crippen molar-refractivity contribution in [3.8, 4) is 0 Å². The molecule has 4 rings (SSSR count). The predicted octanol–water partition coefficient (Wildman–Crippen LogP) is -0.762. The molecule has 3 heterocycles. The summed E-state index contributed by atoms with van der Waals surface area (Å²) in [4.78, 5) is 16.7. The van der Waals surface area contributed by atoms with Crippen molar-refractivity contribution in [2.24, 2.45) is 0 Å². The average molecular weight is 489 g/mol. The Kier molecular flexibility index (Phi) is 9.18. The second-order valence-corrected chi connectivity index (χ2v) is 9.29. The van der Waals surface area contributed by atoms with Crippen molar-refractivity contribution < 1.29 is 24.5 Å². The normalized spacial score (nSPS) is 25.3. The van der Waals surface area contributed by atoms with E-state index < -0.39 is 24.4 Å². The van der Waals surface area contributed by atoms with Gasteiger partial charge in [-0.25, -0.2) is 4.68 Å². The Bertz CT molecular complexity index is 922. The SMILES string of the molecule is CN(Cc1ccccc1)Cc1cn(C[C@H]2O[C@@H](CC(=O)NCCN3CCOCC3)[C@H](O)[C@@H]2O)nn1. The largest absolute Gasteiger partial charge is 0.388 e. The van der Waals surface area contributed by atoms with Crippen LogP contribution in [0.5, 0.6) is 0 Å². The first-order valence-corrected chi connectivity index (χ1v) is 12.2. The average Bonchev–Trinajstić information content (AvgIpc) is 3.39. The summed E-state index contributed by atoms with van der Waals surface area (Å²) in [6.45, 7) is 6.09. The van der Waals surface area contributed by atoms with E-state index in [9.17, 15) is 15.0 Å². The molecule has 4 atom stereocenters. The van der Waals surface area contributed by atoms with E-state index in [1.165, 1.54) is 5.56 Å². The highest BCUT2D eigenvalue weighted by molar-refractivity contribution is 5.76. The van der Waals surface area contributed by atoms with Crippen molar-refractivity contribution in [1.29, 1.82) is 0 Å². The molecule has 1 aromatic heterocycles. The molecule has 2 aliphatic rings. The standard InChI is InChI=1S/C24H36N6O5/c1-28(14-18-5-3-2-4-6-18)15-19-16-30(27-26-19)17-21-24(33)23(32)20(35-21)13-22(31)25-7-8-29-9-11-34-12-10-29/h2-6,16,20-21,23-24,32-33H,7-15,17H2,1H3,(H,25,31)/t20-,21+,23-,24+/m0/s1. The van der Waals surface area contributed by atoms with Crippen molar-refractivity contribution in [3.63, 3.8) is 0 Å². The molecule has 192 valence electrons. The predicted molar refractivity (Wildman–Crippen MR) is 127 cm³/mol. The molecule has 2 aliphatic heterocycles. The highest BCUT2D eigenvalue weighted by atomic mass is 16.5. The number of hydrogen-bond donors (Lipinski definition) is 3. The summed E-state index contributed by atoms with van der Waals surface area (Å²) >= 11 is 0. The summed E-state index contributed by atoms with van der Waals surface area (Å²) < 4.78 is 12.8.